The maximum Gasteiger partial charge on any atom is 0.251 e. The molecule has 0 radical (unpaired) electrons. The number of hydrogen-bond acceptors (Lipinski definition) is 6. The molecule has 2 aromatic rings. The third kappa shape index (κ3) is 5.17. The molecule has 1 N–H and O–H groups in total. The summed E-state index contributed by atoms with van der Waals surface area (Å²) < 4.78 is 42.9. The zero-order chi connectivity index (χ0) is 21.8. The number of carbonyl (C=O) groups excluding carboxylic acids is 1. The highest BCUT2D eigenvalue weighted by Gasteiger charge is 2.24. The van der Waals surface area contributed by atoms with Crippen molar-refractivity contribution in [3.05, 3.63) is 59.2 Å². The van der Waals surface area contributed by atoms with Crippen LogP contribution in [-0.2, 0) is 20.5 Å². The Bertz CT molecular complexity index is 1030. The number of morpholine rings is 1. The molecule has 2 aromatic carbocycles. The van der Waals surface area contributed by atoms with E-state index in [0.29, 0.717) is 62.1 Å². The van der Waals surface area contributed by atoms with Crippen molar-refractivity contribution in [2.45, 2.75) is 18.7 Å². The van der Waals surface area contributed by atoms with Crippen LogP contribution in [0.4, 0.5) is 0 Å². The summed E-state index contributed by atoms with van der Waals surface area (Å²) in [7, 11) is -3.40. The maximum atomic E-state index is 12.7. The lowest BCUT2D eigenvalue weighted by molar-refractivity contribution is 0.0729. The van der Waals surface area contributed by atoms with Gasteiger partial charge >= 0.3 is 0 Å². The number of fused-ring (bicyclic) bond motifs is 1. The van der Waals surface area contributed by atoms with Crippen LogP contribution in [0.15, 0.2) is 42.5 Å². The molecule has 2 heterocycles. The lowest BCUT2D eigenvalue weighted by atomic mass is 10.1. The zero-order valence-corrected chi connectivity index (χ0v) is 18.2. The molecule has 0 unspecified atom stereocenters. The molecule has 2 aliphatic heterocycles. The average Bonchev–Trinajstić information content (AvgIpc) is 2.79. The summed E-state index contributed by atoms with van der Waals surface area (Å²) in [5.41, 5.74) is 2.02. The Morgan fingerprint density at radius 2 is 1.68 bits per heavy atom. The molecule has 1 amide bonds. The van der Waals surface area contributed by atoms with Crippen molar-refractivity contribution in [1.29, 1.82) is 0 Å². The lowest BCUT2D eigenvalue weighted by Gasteiger charge is -2.26. The smallest absolute Gasteiger partial charge is 0.251 e. The molecule has 1 fully saturated rings. The van der Waals surface area contributed by atoms with Gasteiger partial charge in [-0.1, -0.05) is 18.2 Å². The molecule has 0 aromatic heterocycles. The summed E-state index contributed by atoms with van der Waals surface area (Å²) >= 11 is 0. The minimum absolute atomic E-state index is 0.0947. The molecular weight excluding hydrogens is 420 g/mol. The summed E-state index contributed by atoms with van der Waals surface area (Å²) in [4.78, 5) is 12.7. The average molecular weight is 447 g/mol. The van der Waals surface area contributed by atoms with Gasteiger partial charge in [0.25, 0.3) is 5.91 Å². The number of rotatable bonds is 6. The molecule has 31 heavy (non-hydrogen) atoms. The monoisotopic (exact) mass is 446 g/mol. The molecule has 4 rings (SSSR count). The van der Waals surface area contributed by atoms with Crippen molar-refractivity contribution in [3.63, 3.8) is 0 Å². The van der Waals surface area contributed by atoms with Crippen LogP contribution in [-0.4, -0.2) is 58.1 Å². The third-order valence-electron chi connectivity index (χ3n) is 5.34. The molecule has 1 saturated heterocycles. The summed E-state index contributed by atoms with van der Waals surface area (Å²) in [5, 5.41) is 2.96. The van der Waals surface area contributed by atoms with E-state index < -0.39 is 10.0 Å². The number of ether oxygens (including phenoxy) is 3. The highest BCUT2D eigenvalue weighted by atomic mass is 32.2. The predicted octanol–water partition coefficient (Wildman–Crippen LogP) is 2.11. The molecule has 2 aliphatic rings. The van der Waals surface area contributed by atoms with Gasteiger partial charge in [-0.3, -0.25) is 4.79 Å². The predicted molar refractivity (Wildman–Crippen MR) is 115 cm³/mol. The van der Waals surface area contributed by atoms with Gasteiger partial charge < -0.3 is 19.5 Å². The first-order valence-electron chi connectivity index (χ1n) is 10.3. The Balaban J connectivity index is 1.38. The highest BCUT2D eigenvalue weighted by molar-refractivity contribution is 7.88. The van der Waals surface area contributed by atoms with Crippen LogP contribution in [0.1, 0.15) is 34.5 Å². The fourth-order valence-electron chi connectivity index (χ4n) is 3.57. The number of nitrogens with one attached hydrogen (secondary N) is 1. The van der Waals surface area contributed by atoms with Crippen LogP contribution in [0.5, 0.6) is 11.5 Å². The second kappa shape index (κ2) is 9.25. The highest BCUT2D eigenvalue weighted by Crippen LogP contribution is 2.32. The second-order valence-corrected chi connectivity index (χ2v) is 9.53. The SMILES string of the molecule is C[C@H](NC(=O)c1ccc(CS(=O)(=O)N2CCOCC2)cc1)c1ccc2c(c1)OCCO2. The Hall–Kier alpha value is -2.62. The van der Waals surface area contributed by atoms with Gasteiger partial charge in [-0.05, 0) is 42.3 Å². The van der Waals surface area contributed by atoms with Crippen molar-refractivity contribution in [2.75, 3.05) is 39.5 Å². The van der Waals surface area contributed by atoms with E-state index in [4.69, 9.17) is 14.2 Å². The van der Waals surface area contributed by atoms with Crippen molar-refractivity contribution in [2.24, 2.45) is 0 Å². The second-order valence-electron chi connectivity index (χ2n) is 7.56. The largest absolute Gasteiger partial charge is 0.486 e. The minimum Gasteiger partial charge on any atom is -0.486 e. The zero-order valence-electron chi connectivity index (χ0n) is 17.4. The quantitative estimate of drug-likeness (QED) is 0.731. The van der Waals surface area contributed by atoms with E-state index >= 15 is 0 Å². The van der Waals surface area contributed by atoms with Gasteiger partial charge in [0.2, 0.25) is 10.0 Å². The molecule has 166 valence electrons. The van der Waals surface area contributed by atoms with Crippen LogP contribution >= 0.6 is 0 Å². The first-order valence-corrected chi connectivity index (χ1v) is 11.9. The summed E-state index contributed by atoms with van der Waals surface area (Å²) in [6.45, 7) is 4.51. The summed E-state index contributed by atoms with van der Waals surface area (Å²) in [5.74, 6) is 1.06. The number of benzene rings is 2. The van der Waals surface area contributed by atoms with Gasteiger partial charge in [0.1, 0.15) is 13.2 Å². The van der Waals surface area contributed by atoms with Gasteiger partial charge in [0.15, 0.2) is 11.5 Å². The van der Waals surface area contributed by atoms with Crippen LogP contribution in [0, 0.1) is 0 Å². The van der Waals surface area contributed by atoms with E-state index in [0.717, 1.165) is 5.56 Å². The first kappa shape index (κ1) is 21.6. The summed E-state index contributed by atoms with van der Waals surface area (Å²) in [6, 6.07) is 12.0. The van der Waals surface area contributed by atoms with Gasteiger partial charge in [-0.15, -0.1) is 0 Å². The third-order valence-corrected chi connectivity index (χ3v) is 7.19. The van der Waals surface area contributed by atoms with Crippen molar-refractivity contribution in [3.8, 4) is 11.5 Å². The molecule has 1 atom stereocenters. The van der Waals surface area contributed by atoms with E-state index in [9.17, 15) is 13.2 Å². The number of carbonyl (C=O) groups is 1. The van der Waals surface area contributed by atoms with Crippen molar-refractivity contribution < 1.29 is 27.4 Å². The van der Waals surface area contributed by atoms with E-state index in [1.54, 1.807) is 24.3 Å². The van der Waals surface area contributed by atoms with Crippen LogP contribution in [0.3, 0.4) is 0 Å². The lowest BCUT2D eigenvalue weighted by Crippen LogP contribution is -2.41. The fraction of sp³-hybridized carbons (Fsp3) is 0.409. The van der Waals surface area contributed by atoms with Gasteiger partial charge in [0.05, 0.1) is 25.0 Å². The Morgan fingerprint density at radius 1 is 1.00 bits per heavy atom. The molecule has 0 aliphatic carbocycles. The number of sulfonamides is 1. The topological polar surface area (TPSA) is 94.2 Å². The number of nitrogens with zero attached hydrogens (tertiary/aromatic N) is 1. The van der Waals surface area contributed by atoms with Gasteiger partial charge in [0, 0.05) is 18.7 Å². The molecule has 0 saturated carbocycles. The minimum atomic E-state index is -3.40. The van der Waals surface area contributed by atoms with Crippen LogP contribution in [0.2, 0.25) is 0 Å². The molecule has 0 spiro atoms. The Kier molecular flexibility index (Phi) is 6.45. The normalized spacial score (nSPS) is 17.7. The van der Waals surface area contributed by atoms with Crippen molar-refractivity contribution in [1.82, 2.24) is 9.62 Å². The van der Waals surface area contributed by atoms with E-state index in [1.165, 1.54) is 4.31 Å². The van der Waals surface area contributed by atoms with Gasteiger partial charge in [-0.2, -0.15) is 4.31 Å². The van der Waals surface area contributed by atoms with Gasteiger partial charge in [-0.25, -0.2) is 8.42 Å². The fourth-order valence-corrected chi connectivity index (χ4v) is 5.07. The Morgan fingerprint density at radius 3 is 2.39 bits per heavy atom. The number of hydrogen-bond donors (Lipinski definition) is 1. The first-order chi connectivity index (χ1) is 14.9. The standard InChI is InChI=1S/C22H26N2O6S/c1-16(19-6-7-20-21(14-19)30-13-12-29-20)23-22(25)18-4-2-17(3-5-18)15-31(26,27)24-8-10-28-11-9-24/h2-7,14,16H,8-13,15H2,1H3,(H,23,25)/t16-/m0/s1. The molecular formula is C22H26N2O6S. The number of amides is 1. The van der Waals surface area contributed by atoms with Crippen LogP contribution < -0.4 is 14.8 Å². The van der Waals surface area contributed by atoms with E-state index in [1.807, 2.05) is 25.1 Å². The maximum absolute atomic E-state index is 12.7. The molecule has 8 nitrogen and oxygen atoms in total. The van der Waals surface area contributed by atoms with Crippen molar-refractivity contribution >= 4 is 15.9 Å². The van der Waals surface area contributed by atoms with Crippen LogP contribution in [0.25, 0.3) is 0 Å². The Labute approximate surface area is 182 Å². The summed E-state index contributed by atoms with van der Waals surface area (Å²) in [6.07, 6.45) is 0. The van der Waals surface area contributed by atoms with E-state index in [2.05, 4.69) is 5.32 Å². The molecule has 0 bridgehead atoms. The molecule has 9 heteroatoms. The van der Waals surface area contributed by atoms with E-state index in [-0.39, 0.29) is 17.7 Å².